The molecule has 2 heterocycles. The minimum atomic E-state index is -0.559. The van der Waals surface area contributed by atoms with Crippen LogP contribution in [0.5, 0.6) is 0 Å². The monoisotopic (exact) mass is 428 g/mol. The molecule has 0 saturated heterocycles. The van der Waals surface area contributed by atoms with E-state index in [2.05, 4.69) is 29.6 Å². The molecule has 5 nitrogen and oxygen atoms in total. The molecule has 2 aromatic carbocycles. The van der Waals surface area contributed by atoms with Crippen molar-refractivity contribution < 1.29 is 14.0 Å². The van der Waals surface area contributed by atoms with Crippen molar-refractivity contribution in [1.29, 1.82) is 0 Å². The number of amides is 2. The fraction of sp³-hybridized carbons (Fsp3) is 0.333. The van der Waals surface area contributed by atoms with Crippen molar-refractivity contribution in [2.24, 2.45) is 0 Å². The van der Waals surface area contributed by atoms with Crippen LogP contribution in [-0.2, 0) is 23.2 Å². The van der Waals surface area contributed by atoms with Crippen LogP contribution < -0.4 is 5.32 Å². The van der Waals surface area contributed by atoms with E-state index in [1.54, 1.807) is 17.0 Å². The predicted octanol–water partition coefficient (Wildman–Crippen LogP) is 4.47. The summed E-state index contributed by atoms with van der Waals surface area (Å²) in [7, 11) is 0. The van der Waals surface area contributed by atoms with Crippen LogP contribution in [0.1, 0.15) is 52.9 Å². The molecule has 5 rings (SSSR count). The lowest BCUT2D eigenvalue weighted by Gasteiger charge is -2.37. The Hall–Kier alpha value is -3.34. The van der Waals surface area contributed by atoms with Crippen LogP contribution in [0.25, 0.3) is 0 Å². The number of fused-ring (bicyclic) bond motifs is 1. The van der Waals surface area contributed by atoms with Crippen LogP contribution in [-0.4, -0.2) is 29.3 Å². The van der Waals surface area contributed by atoms with E-state index in [0.29, 0.717) is 19.5 Å². The molecular formula is C27H28N2O3. The largest absolute Gasteiger partial charge is 0.459 e. The number of rotatable bonds is 5. The maximum atomic E-state index is 13.5. The van der Waals surface area contributed by atoms with Gasteiger partial charge in [-0.3, -0.25) is 9.59 Å². The Kier molecular flexibility index (Phi) is 5.56. The smallest absolute Gasteiger partial charge is 0.290 e. The van der Waals surface area contributed by atoms with Gasteiger partial charge in [-0.15, -0.1) is 0 Å². The van der Waals surface area contributed by atoms with Crippen LogP contribution in [0.15, 0.2) is 77.4 Å². The van der Waals surface area contributed by atoms with Crippen molar-refractivity contribution in [1.82, 2.24) is 10.2 Å². The lowest BCUT2D eigenvalue weighted by atomic mass is 9.78. The van der Waals surface area contributed by atoms with Gasteiger partial charge in [-0.05, 0) is 41.7 Å². The standard InChI is InChI=1S/C27H28N2O3/c30-25(28-19-27(14-6-7-15-27)22-11-2-1-3-12-22)23-17-20-9-4-5-10-21(20)18-29(23)26(31)24-13-8-16-32-24/h1-5,8-13,16,23H,6-7,14-15,17-19H2,(H,28,30). The number of carbonyl (C=O) groups is 2. The van der Waals surface area contributed by atoms with Gasteiger partial charge in [0.15, 0.2) is 5.76 Å². The Balaban J connectivity index is 1.38. The topological polar surface area (TPSA) is 62.6 Å². The van der Waals surface area contributed by atoms with E-state index >= 15 is 0 Å². The lowest BCUT2D eigenvalue weighted by Crippen LogP contribution is -2.54. The highest BCUT2D eigenvalue weighted by Gasteiger charge is 2.39. The SMILES string of the molecule is O=C(NCC1(c2ccccc2)CCCC1)C1Cc2ccccc2CN1C(=O)c1ccco1. The molecule has 0 bridgehead atoms. The quantitative estimate of drug-likeness (QED) is 0.652. The molecule has 1 aromatic heterocycles. The second-order valence-corrected chi connectivity index (χ2v) is 8.97. The summed E-state index contributed by atoms with van der Waals surface area (Å²) in [5.74, 6) is -0.0800. The predicted molar refractivity (Wildman–Crippen MR) is 122 cm³/mol. The average molecular weight is 429 g/mol. The Bertz CT molecular complexity index is 1090. The van der Waals surface area contributed by atoms with Gasteiger partial charge in [0, 0.05) is 24.9 Å². The number of carbonyl (C=O) groups excluding carboxylic acids is 2. The van der Waals surface area contributed by atoms with E-state index in [0.717, 1.165) is 24.0 Å². The van der Waals surface area contributed by atoms with Gasteiger partial charge in [-0.25, -0.2) is 0 Å². The third-order valence-corrected chi connectivity index (χ3v) is 7.09. The molecule has 5 heteroatoms. The number of benzene rings is 2. The molecule has 1 unspecified atom stereocenters. The zero-order valence-electron chi connectivity index (χ0n) is 18.1. The van der Waals surface area contributed by atoms with E-state index in [1.165, 1.54) is 24.7 Å². The van der Waals surface area contributed by atoms with Gasteiger partial charge in [0.2, 0.25) is 5.91 Å². The van der Waals surface area contributed by atoms with E-state index in [4.69, 9.17) is 4.42 Å². The highest BCUT2D eigenvalue weighted by atomic mass is 16.3. The first-order chi connectivity index (χ1) is 15.7. The molecule has 32 heavy (non-hydrogen) atoms. The normalized spacial score (nSPS) is 19.4. The number of hydrogen-bond acceptors (Lipinski definition) is 3. The number of furan rings is 1. The summed E-state index contributed by atoms with van der Waals surface area (Å²) < 4.78 is 5.36. The molecule has 2 aliphatic rings. The molecule has 1 N–H and O–H groups in total. The third-order valence-electron chi connectivity index (χ3n) is 7.09. The van der Waals surface area contributed by atoms with Crippen LogP contribution in [0.3, 0.4) is 0 Å². The second kappa shape index (κ2) is 8.65. The highest BCUT2D eigenvalue weighted by Crippen LogP contribution is 2.40. The first-order valence-corrected chi connectivity index (χ1v) is 11.4. The minimum Gasteiger partial charge on any atom is -0.459 e. The Morgan fingerprint density at radius 1 is 0.938 bits per heavy atom. The fourth-order valence-electron chi connectivity index (χ4n) is 5.30. The van der Waals surface area contributed by atoms with Crippen molar-refractivity contribution in [2.75, 3.05) is 6.54 Å². The molecule has 1 aliphatic carbocycles. The van der Waals surface area contributed by atoms with Gasteiger partial charge in [-0.1, -0.05) is 67.4 Å². The van der Waals surface area contributed by atoms with Crippen LogP contribution >= 0.6 is 0 Å². The lowest BCUT2D eigenvalue weighted by molar-refractivity contribution is -0.126. The average Bonchev–Trinajstić information content (AvgIpc) is 3.55. The summed E-state index contributed by atoms with van der Waals surface area (Å²) in [6, 6.07) is 21.3. The Labute approximate surface area is 188 Å². The zero-order chi connectivity index (χ0) is 22.0. The first-order valence-electron chi connectivity index (χ1n) is 11.4. The molecule has 1 atom stereocenters. The van der Waals surface area contributed by atoms with E-state index < -0.39 is 6.04 Å². The van der Waals surface area contributed by atoms with Gasteiger partial charge < -0.3 is 14.6 Å². The van der Waals surface area contributed by atoms with Gasteiger partial charge in [0.1, 0.15) is 6.04 Å². The van der Waals surface area contributed by atoms with E-state index in [-0.39, 0.29) is 23.0 Å². The molecule has 1 saturated carbocycles. The summed E-state index contributed by atoms with van der Waals surface area (Å²) in [5, 5.41) is 3.23. The van der Waals surface area contributed by atoms with Crippen molar-refractivity contribution >= 4 is 11.8 Å². The van der Waals surface area contributed by atoms with Gasteiger partial charge in [-0.2, -0.15) is 0 Å². The fourth-order valence-corrected chi connectivity index (χ4v) is 5.30. The minimum absolute atomic E-state index is 0.0284. The molecule has 2 amide bonds. The van der Waals surface area contributed by atoms with E-state index in [1.807, 2.05) is 30.3 Å². The maximum absolute atomic E-state index is 13.5. The van der Waals surface area contributed by atoms with Crippen molar-refractivity contribution in [3.63, 3.8) is 0 Å². The zero-order valence-corrected chi connectivity index (χ0v) is 18.1. The molecular weight excluding hydrogens is 400 g/mol. The van der Waals surface area contributed by atoms with Gasteiger partial charge in [0.05, 0.1) is 6.26 Å². The summed E-state index contributed by atoms with van der Waals surface area (Å²) in [5.41, 5.74) is 3.46. The molecule has 1 aliphatic heterocycles. The number of nitrogens with zero attached hydrogens (tertiary/aromatic N) is 1. The van der Waals surface area contributed by atoms with Crippen molar-refractivity contribution in [3.05, 3.63) is 95.4 Å². The van der Waals surface area contributed by atoms with Crippen LogP contribution in [0, 0.1) is 0 Å². The molecule has 3 aromatic rings. The molecule has 0 radical (unpaired) electrons. The van der Waals surface area contributed by atoms with Crippen LogP contribution in [0.2, 0.25) is 0 Å². The molecule has 1 fully saturated rings. The van der Waals surface area contributed by atoms with Gasteiger partial charge in [0.25, 0.3) is 5.91 Å². The molecule has 0 spiro atoms. The number of hydrogen-bond donors (Lipinski definition) is 1. The van der Waals surface area contributed by atoms with Crippen LogP contribution in [0.4, 0.5) is 0 Å². The first kappa shape index (κ1) is 20.6. The number of nitrogens with one attached hydrogen (secondary N) is 1. The summed E-state index contributed by atoms with van der Waals surface area (Å²) >= 11 is 0. The highest BCUT2D eigenvalue weighted by molar-refractivity contribution is 5.96. The second-order valence-electron chi connectivity index (χ2n) is 8.97. The Morgan fingerprint density at radius 3 is 2.38 bits per heavy atom. The van der Waals surface area contributed by atoms with Crippen molar-refractivity contribution in [3.8, 4) is 0 Å². The van der Waals surface area contributed by atoms with Gasteiger partial charge >= 0.3 is 0 Å². The summed E-state index contributed by atoms with van der Waals surface area (Å²) in [6.45, 7) is 0.994. The third kappa shape index (κ3) is 3.83. The van der Waals surface area contributed by atoms with E-state index in [9.17, 15) is 9.59 Å². The Morgan fingerprint density at radius 2 is 1.66 bits per heavy atom. The summed E-state index contributed by atoms with van der Waals surface area (Å²) in [4.78, 5) is 28.3. The maximum Gasteiger partial charge on any atom is 0.290 e. The molecule has 164 valence electrons. The summed E-state index contributed by atoms with van der Waals surface area (Å²) in [6.07, 6.45) is 6.48. The van der Waals surface area contributed by atoms with Crippen molar-refractivity contribution in [2.45, 2.75) is 50.1 Å².